The van der Waals surface area contributed by atoms with Gasteiger partial charge < -0.3 is 25.0 Å². The van der Waals surface area contributed by atoms with E-state index in [4.69, 9.17) is 9.84 Å². The summed E-state index contributed by atoms with van der Waals surface area (Å²) in [5.41, 5.74) is 0. The molecule has 2 amide bonds. The van der Waals surface area contributed by atoms with E-state index in [-0.39, 0.29) is 25.2 Å². The fraction of sp³-hybridized carbons (Fsp3) is 0.857. The first-order valence-electron chi connectivity index (χ1n) is 7.77. The van der Waals surface area contributed by atoms with Crippen LogP contribution in [0.3, 0.4) is 0 Å². The van der Waals surface area contributed by atoms with Gasteiger partial charge in [0.25, 0.3) is 0 Å². The fourth-order valence-corrected chi connectivity index (χ4v) is 3.60. The molecule has 0 aromatic rings. The summed E-state index contributed by atoms with van der Waals surface area (Å²) >= 11 is 0. The number of fused-ring (bicyclic) bond motifs is 1. The monoisotopic (exact) mass is 297 g/mol. The smallest absolute Gasteiger partial charge is 0.334 e. The Morgan fingerprint density at radius 1 is 1.19 bits per heavy atom. The van der Waals surface area contributed by atoms with Crippen LogP contribution in [0.25, 0.3) is 0 Å². The van der Waals surface area contributed by atoms with Crippen molar-refractivity contribution in [2.75, 3.05) is 32.8 Å². The summed E-state index contributed by atoms with van der Waals surface area (Å²) < 4.78 is 5.14. The van der Waals surface area contributed by atoms with Crippen molar-refractivity contribution in [2.24, 2.45) is 0 Å². The number of carboxylic acid groups (broad SMARTS) is 1. The van der Waals surface area contributed by atoms with Crippen molar-refractivity contribution in [3.05, 3.63) is 0 Å². The molecule has 3 aliphatic heterocycles. The number of carbonyl (C=O) groups is 2. The van der Waals surface area contributed by atoms with Gasteiger partial charge in [0.05, 0.1) is 13.2 Å². The number of nitrogens with one attached hydrogen (secondary N) is 1. The van der Waals surface area contributed by atoms with Crippen molar-refractivity contribution in [3.8, 4) is 0 Å². The lowest BCUT2D eigenvalue weighted by atomic mass is 9.98. The van der Waals surface area contributed by atoms with Crippen LogP contribution in [0.5, 0.6) is 0 Å². The summed E-state index contributed by atoms with van der Waals surface area (Å²) in [5.74, 6) is -1.01. The van der Waals surface area contributed by atoms with E-state index in [0.29, 0.717) is 12.6 Å². The van der Waals surface area contributed by atoms with Crippen LogP contribution in [0.15, 0.2) is 0 Å². The van der Waals surface area contributed by atoms with Gasteiger partial charge in [0, 0.05) is 25.2 Å². The second kappa shape index (κ2) is 6.19. The minimum atomic E-state index is -1.01. The molecule has 3 heterocycles. The van der Waals surface area contributed by atoms with Gasteiger partial charge >= 0.3 is 12.0 Å². The molecular formula is C14H23N3O4. The van der Waals surface area contributed by atoms with Crippen molar-refractivity contribution >= 4 is 12.0 Å². The molecule has 0 bridgehead atoms. The number of carbonyl (C=O) groups excluding carboxylic acids is 1. The normalized spacial score (nSPS) is 33.5. The molecule has 0 spiro atoms. The average Bonchev–Trinajstić information content (AvgIpc) is 2.95. The summed E-state index contributed by atoms with van der Waals surface area (Å²) in [6.07, 6.45) is 3.58. The number of rotatable bonds is 2. The zero-order chi connectivity index (χ0) is 14.8. The van der Waals surface area contributed by atoms with E-state index < -0.39 is 12.1 Å². The van der Waals surface area contributed by atoms with Gasteiger partial charge in [0.1, 0.15) is 0 Å². The summed E-state index contributed by atoms with van der Waals surface area (Å²) in [5, 5.41) is 12.0. The van der Waals surface area contributed by atoms with E-state index in [1.165, 1.54) is 19.4 Å². The highest BCUT2D eigenvalue weighted by atomic mass is 16.5. The van der Waals surface area contributed by atoms with Gasteiger partial charge in [-0.25, -0.2) is 9.59 Å². The van der Waals surface area contributed by atoms with Gasteiger partial charge in [0.15, 0.2) is 6.10 Å². The van der Waals surface area contributed by atoms with E-state index >= 15 is 0 Å². The maximum absolute atomic E-state index is 12.3. The predicted molar refractivity (Wildman–Crippen MR) is 75.1 cm³/mol. The second-order valence-electron chi connectivity index (χ2n) is 6.15. The zero-order valence-electron chi connectivity index (χ0n) is 12.2. The number of aliphatic carboxylic acids is 1. The quantitative estimate of drug-likeness (QED) is 0.756. The first-order chi connectivity index (χ1) is 10.1. The summed E-state index contributed by atoms with van der Waals surface area (Å²) in [6.45, 7) is 3.11. The molecule has 2 N–H and O–H groups in total. The topological polar surface area (TPSA) is 82.1 Å². The molecule has 3 fully saturated rings. The van der Waals surface area contributed by atoms with Crippen LogP contribution in [0.2, 0.25) is 0 Å². The molecule has 7 heteroatoms. The van der Waals surface area contributed by atoms with Crippen molar-refractivity contribution in [3.63, 3.8) is 0 Å². The first kappa shape index (κ1) is 14.6. The van der Waals surface area contributed by atoms with Crippen LogP contribution in [0.4, 0.5) is 4.79 Å². The number of carboxylic acids is 1. The highest BCUT2D eigenvalue weighted by Crippen LogP contribution is 2.26. The minimum absolute atomic E-state index is 0.128. The molecule has 3 saturated heterocycles. The summed E-state index contributed by atoms with van der Waals surface area (Å²) in [4.78, 5) is 27.3. The number of hydrogen-bond acceptors (Lipinski definition) is 4. The lowest BCUT2D eigenvalue weighted by Crippen LogP contribution is -2.55. The molecule has 118 valence electrons. The number of nitrogens with zero attached hydrogens (tertiary/aromatic N) is 2. The third kappa shape index (κ3) is 3.29. The second-order valence-corrected chi connectivity index (χ2v) is 6.15. The number of urea groups is 1. The van der Waals surface area contributed by atoms with Gasteiger partial charge in [-0.2, -0.15) is 0 Å². The van der Waals surface area contributed by atoms with Gasteiger partial charge in [-0.1, -0.05) is 0 Å². The van der Waals surface area contributed by atoms with E-state index in [0.717, 1.165) is 19.4 Å². The van der Waals surface area contributed by atoms with Gasteiger partial charge in [-0.05, 0) is 32.2 Å². The molecule has 3 aliphatic rings. The molecule has 0 aromatic carbocycles. The molecule has 0 radical (unpaired) electrons. The lowest BCUT2D eigenvalue weighted by Gasteiger charge is -2.37. The highest BCUT2D eigenvalue weighted by Gasteiger charge is 2.34. The Morgan fingerprint density at radius 3 is 2.86 bits per heavy atom. The van der Waals surface area contributed by atoms with Crippen molar-refractivity contribution < 1.29 is 19.4 Å². The van der Waals surface area contributed by atoms with Crippen LogP contribution in [-0.2, 0) is 9.53 Å². The van der Waals surface area contributed by atoms with Crippen LogP contribution in [-0.4, -0.2) is 77.9 Å². The van der Waals surface area contributed by atoms with Crippen LogP contribution in [0.1, 0.15) is 25.7 Å². The van der Waals surface area contributed by atoms with Gasteiger partial charge in [0.2, 0.25) is 0 Å². The average molecular weight is 297 g/mol. The Labute approximate surface area is 124 Å². The predicted octanol–water partition coefficient (Wildman–Crippen LogP) is 0.108. The highest BCUT2D eigenvalue weighted by molar-refractivity contribution is 5.77. The Bertz CT molecular complexity index is 417. The first-order valence-corrected chi connectivity index (χ1v) is 7.77. The lowest BCUT2D eigenvalue weighted by molar-refractivity contribution is -0.154. The minimum Gasteiger partial charge on any atom is -0.479 e. The molecule has 3 rings (SSSR count). The van der Waals surface area contributed by atoms with Gasteiger partial charge in [-0.15, -0.1) is 0 Å². The molecule has 0 aliphatic carbocycles. The number of morpholine rings is 1. The standard InChI is InChI=1S/C14H23N3O4/c18-13(19)12-9-17(6-7-21-12)14(20)15-10-3-5-16-4-1-2-11(16)8-10/h10-12H,1-9H2,(H,15,20)(H,18,19). The maximum atomic E-state index is 12.3. The molecule has 7 nitrogen and oxygen atoms in total. The number of piperidine rings is 1. The molecule has 21 heavy (non-hydrogen) atoms. The van der Waals surface area contributed by atoms with Gasteiger partial charge in [-0.3, -0.25) is 0 Å². The van der Waals surface area contributed by atoms with E-state index in [2.05, 4.69) is 10.2 Å². The number of ether oxygens (including phenoxy) is 1. The molecular weight excluding hydrogens is 274 g/mol. The van der Waals surface area contributed by atoms with Crippen LogP contribution < -0.4 is 5.32 Å². The van der Waals surface area contributed by atoms with Crippen LogP contribution in [0, 0.1) is 0 Å². The van der Waals surface area contributed by atoms with E-state index in [1.54, 1.807) is 4.90 Å². The van der Waals surface area contributed by atoms with Crippen molar-refractivity contribution in [1.82, 2.24) is 15.1 Å². The number of amides is 2. The molecule has 0 saturated carbocycles. The number of hydrogen-bond donors (Lipinski definition) is 2. The Balaban J connectivity index is 1.50. The van der Waals surface area contributed by atoms with E-state index in [9.17, 15) is 9.59 Å². The molecule has 0 aromatic heterocycles. The third-order valence-corrected chi connectivity index (χ3v) is 4.78. The summed E-state index contributed by atoms with van der Waals surface area (Å²) in [7, 11) is 0. The summed E-state index contributed by atoms with van der Waals surface area (Å²) in [6, 6.07) is 0.671. The Hall–Kier alpha value is -1.34. The Kier molecular flexibility index (Phi) is 4.30. The SMILES string of the molecule is O=C(O)C1CN(C(=O)NC2CCN3CCCC3C2)CCO1. The zero-order valence-corrected chi connectivity index (χ0v) is 12.2. The Morgan fingerprint density at radius 2 is 2.05 bits per heavy atom. The fourth-order valence-electron chi connectivity index (χ4n) is 3.60. The largest absolute Gasteiger partial charge is 0.479 e. The molecule has 3 unspecified atom stereocenters. The van der Waals surface area contributed by atoms with Crippen molar-refractivity contribution in [2.45, 2.75) is 43.9 Å². The maximum Gasteiger partial charge on any atom is 0.334 e. The van der Waals surface area contributed by atoms with Crippen LogP contribution >= 0.6 is 0 Å². The van der Waals surface area contributed by atoms with E-state index in [1.807, 2.05) is 0 Å². The third-order valence-electron chi connectivity index (χ3n) is 4.78. The molecule has 3 atom stereocenters. The van der Waals surface area contributed by atoms with Crippen molar-refractivity contribution in [1.29, 1.82) is 0 Å².